The van der Waals surface area contributed by atoms with Crippen molar-refractivity contribution in [2.75, 3.05) is 11.9 Å². The number of carbonyl (C=O) groups is 1. The summed E-state index contributed by atoms with van der Waals surface area (Å²) in [5.41, 5.74) is 0.260. The molecule has 1 amide bonds. The summed E-state index contributed by atoms with van der Waals surface area (Å²) >= 11 is 3.26. The van der Waals surface area contributed by atoms with Crippen LogP contribution in [0.4, 0.5) is 0 Å². The Balaban J connectivity index is 2.23. The summed E-state index contributed by atoms with van der Waals surface area (Å²) in [4.78, 5) is 11.2. The van der Waals surface area contributed by atoms with Crippen LogP contribution in [0.1, 0.15) is 20.3 Å². The number of rotatable bonds is 3. The Morgan fingerprint density at radius 1 is 1.73 bits per heavy atom. The van der Waals surface area contributed by atoms with Crippen LogP contribution in [0.2, 0.25) is 0 Å². The number of halogens is 1. The molecule has 0 spiro atoms. The van der Waals surface area contributed by atoms with Gasteiger partial charge in [0.05, 0.1) is 0 Å². The van der Waals surface area contributed by atoms with Crippen LogP contribution in [0.25, 0.3) is 0 Å². The molecule has 1 aliphatic carbocycles. The summed E-state index contributed by atoms with van der Waals surface area (Å²) in [7, 11) is 0. The smallest absolute Gasteiger partial charge is 0.223 e. The molecule has 1 aliphatic rings. The molecule has 1 unspecified atom stereocenters. The van der Waals surface area contributed by atoms with E-state index in [2.05, 4.69) is 35.1 Å². The third-order valence-electron chi connectivity index (χ3n) is 2.22. The minimum Gasteiger partial charge on any atom is -0.355 e. The van der Waals surface area contributed by atoms with Gasteiger partial charge in [0.2, 0.25) is 5.91 Å². The summed E-state index contributed by atoms with van der Waals surface area (Å²) in [5.74, 6) is 0.482. The van der Waals surface area contributed by atoms with Gasteiger partial charge >= 0.3 is 0 Å². The van der Waals surface area contributed by atoms with Crippen LogP contribution < -0.4 is 5.32 Å². The van der Waals surface area contributed by atoms with Crippen molar-refractivity contribution < 1.29 is 4.79 Å². The first-order valence-electron chi connectivity index (χ1n) is 3.91. The number of hydrogen-bond donors (Lipinski definition) is 1. The van der Waals surface area contributed by atoms with Gasteiger partial charge in [0, 0.05) is 17.8 Å². The fourth-order valence-electron chi connectivity index (χ4n) is 1.21. The van der Waals surface area contributed by atoms with Crippen molar-refractivity contribution in [1.82, 2.24) is 5.32 Å². The van der Waals surface area contributed by atoms with Crippen LogP contribution >= 0.6 is 15.9 Å². The van der Waals surface area contributed by atoms with Gasteiger partial charge in [-0.15, -0.1) is 0 Å². The summed E-state index contributed by atoms with van der Waals surface area (Å²) in [6.07, 6.45) is 1.04. The van der Waals surface area contributed by atoms with E-state index in [0.29, 0.717) is 0 Å². The van der Waals surface area contributed by atoms with Crippen LogP contribution in [-0.4, -0.2) is 17.8 Å². The number of amides is 1. The van der Waals surface area contributed by atoms with E-state index in [1.165, 1.54) is 0 Å². The first-order valence-corrected chi connectivity index (χ1v) is 5.04. The van der Waals surface area contributed by atoms with Gasteiger partial charge < -0.3 is 5.32 Å². The Hall–Kier alpha value is -0.0500. The highest BCUT2D eigenvalue weighted by atomic mass is 79.9. The largest absolute Gasteiger partial charge is 0.355 e. The minimum absolute atomic E-state index is 0.217. The molecule has 0 heterocycles. The van der Waals surface area contributed by atoms with Gasteiger partial charge in [-0.2, -0.15) is 0 Å². The van der Waals surface area contributed by atoms with E-state index in [9.17, 15) is 4.79 Å². The Bertz CT molecular complexity index is 167. The highest BCUT2D eigenvalue weighted by Crippen LogP contribution is 2.51. The van der Waals surface area contributed by atoms with Crippen molar-refractivity contribution in [3.8, 4) is 0 Å². The van der Waals surface area contributed by atoms with Crippen molar-refractivity contribution in [1.29, 1.82) is 0 Å². The second-order valence-electron chi connectivity index (χ2n) is 3.73. The third-order valence-corrected chi connectivity index (χ3v) is 2.62. The lowest BCUT2D eigenvalue weighted by Crippen LogP contribution is -2.28. The monoisotopic (exact) mass is 219 g/mol. The maximum absolute atomic E-state index is 11.2. The summed E-state index contributed by atoms with van der Waals surface area (Å²) < 4.78 is 0. The van der Waals surface area contributed by atoms with E-state index < -0.39 is 0 Å². The average Bonchev–Trinajstić information content (AvgIpc) is 2.55. The van der Waals surface area contributed by atoms with Crippen LogP contribution in [0.5, 0.6) is 0 Å². The van der Waals surface area contributed by atoms with Gasteiger partial charge in [0.25, 0.3) is 0 Å². The van der Waals surface area contributed by atoms with E-state index >= 15 is 0 Å². The first kappa shape index (κ1) is 9.04. The first-order chi connectivity index (χ1) is 5.08. The van der Waals surface area contributed by atoms with Gasteiger partial charge in [-0.05, 0) is 11.8 Å². The van der Waals surface area contributed by atoms with Crippen molar-refractivity contribution in [3.63, 3.8) is 0 Å². The molecule has 0 aromatic carbocycles. The second-order valence-corrected chi connectivity index (χ2v) is 4.52. The average molecular weight is 220 g/mol. The zero-order chi connectivity index (χ0) is 8.48. The van der Waals surface area contributed by atoms with Gasteiger partial charge in [-0.1, -0.05) is 29.8 Å². The van der Waals surface area contributed by atoms with Crippen LogP contribution in [0.3, 0.4) is 0 Å². The van der Waals surface area contributed by atoms with Gasteiger partial charge in [-0.3, -0.25) is 4.79 Å². The predicted octanol–water partition coefficient (Wildman–Crippen LogP) is 1.54. The van der Waals surface area contributed by atoms with Crippen molar-refractivity contribution in [3.05, 3.63) is 0 Å². The standard InChI is InChI=1S/C8H14BrNO/c1-8(2)5-6(8)7(11)10-4-3-9/h6H,3-5H2,1-2H3,(H,10,11). The van der Waals surface area contributed by atoms with Crippen molar-refractivity contribution in [2.45, 2.75) is 20.3 Å². The molecule has 0 radical (unpaired) electrons. The second kappa shape index (κ2) is 3.13. The van der Waals surface area contributed by atoms with Crippen LogP contribution in [0.15, 0.2) is 0 Å². The molecular weight excluding hydrogens is 206 g/mol. The molecule has 1 saturated carbocycles. The number of alkyl halides is 1. The number of hydrogen-bond acceptors (Lipinski definition) is 1. The van der Waals surface area contributed by atoms with E-state index in [1.807, 2.05) is 0 Å². The predicted molar refractivity (Wildman–Crippen MR) is 48.7 cm³/mol. The highest BCUT2D eigenvalue weighted by Gasteiger charge is 2.50. The van der Waals surface area contributed by atoms with E-state index in [4.69, 9.17) is 0 Å². The Morgan fingerprint density at radius 3 is 2.64 bits per heavy atom. The number of nitrogens with one attached hydrogen (secondary N) is 1. The van der Waals surface area contributed by atoms with Crippen molar-refractivity contribution >= 4 is 21.8 Å². The normalized spacial score (nSPS) is 26.3. The Kier molecular flexibility index (Phi) is 2.58. The molecule has 0 bridgehead atoms. The fourth-order valence-corrected chi connectivity index (χ4v) is 1.41. The van der Waals surface area contributed by atoms with Crippen LogP contribution in [-0.2, 0) is 4.79 Å². The van der Waals surface area contributed by atoms with Crippen molar-refractivity contribution in [2.24, 2.45) is 11.3 Å². The molecule has 0 aromatic heterocycles. The highest BCUT2D eigenvalue weighted by molar-refractivity contribution is 9.09. The quantitative estimate of drug-likeness (QED) is 0.718. The molecule has 0 aromatic rings. The number of carbonyl (C=O) groups excluding carboxylic acids is 1. The molecule has 0 saturated heterocycles. The Morgan fingerprint density at radius 2 is 2.27 bits per heavy atom. The molecule has 1 atom stereocenters. The summed E-state index contributed by atoms with van der Waals surface area (Å²) in [5, 5.41) is 3.70. The molecule has 1 rings (SSSR count). The molecule has 11 heavy (non-hydrogen) atoms. The van der Waals surface area contributed by atoms with Gasteiger partial charge in [0.15, 0.2) is 0 Å². The molecule has 2 nitrogen and oxygen atoms in total. The molecule has 1 N–H and O–H groups in total. The molecule has 0 aliphatic heterocycles. The van der Waals surface area contributed by atoms with Crippen LogP contribution in [0, 0.1) is 11.3 Å². The maximum Gasteiger partial charge on any atom is 0.223 e. The van der Waals surface area contributed by atoms with E-state index in [1.54, 1.807) is 0 Å². The lowest BCUT2D eigenvalue weighted by atomic mass is 10.1. The maximum atomic E-state index is 11.2. The van der Waals surface area contributed by atoms with Gasteiger partial charge in [0.1, 0.15) is 0 Å². The molecule has 64 valence electrons. The topological polar surface area (TPSA) is 29.1 Å². The Labute approximate surface area is 75.9 Å². The third kappa shape index (κ3) is 2.19. The minimum atomic E-state index is 0.217. The SMILES string of the molecule is CC1(C)CC1C(=O)NCCBr. The molecule has 1 fully saturated rings. The summed E-state index contributed by atoms with van der Waals surface area (Å²) in [6, 6.07) is 0. The zero-order valence-corrected chi connectivity index (χ0v) is 8.57. The fraction of sp³-hybridized carbons (Fsp3) is 0.875. The zero-order valence-electron chi connectivity index (χ0n) is 6.98. The molecular formula is C8H14BrNO. The van der Waals surface area contributed by atoms with Gasteiger partial charge in [-0.25, -0.2) is 0 Å². The molecule has 3 heteroatoms. The lowest BCUT2D eigenvalue weighted by molar-refractivity contribution is -0.122. The summed E-state index contributed by atoms with van der Waals surface area (Å²) in [6.45, 7) is 5.00. The van der Waals surface area contributed by atoms with E-state index in [-0.39, 0.29) is 17.2 Å². The van der Waals surface area contributed by atoms with E-state index in [0.717, 1.165) is 18.3 Å². The lowest BCUT2D eigenvalue weighted by Gasteiger charge is -2.03.